The van der Waals surface area contributed by atoms with Crippen LogP contribution in [0.3, 0.4) is 0 Å². The number of amides is 1. The fourth-order valence-corrected chi connectivity index (χ4v) is 4.91. The first-order valence-corrected chi connectivity index (χ1v) is 10.1. The second kappa shape index (κ2) is 7.99. The number of piperidine rings is 1. The molecule has 0 saturated carbocycles. The summed E-state index contributed by atoms with van der Waals surface area (Å²) in [6.45, 7) is 0.905. The van der Waals surface area contributed by atoms with E-state index in [2.05, 4.69) is 0 Å². The van der Waals surface area contributed by atoms with Crippen molar-refractivity contribution < 1.29 is 18.4 Å². The van der Waals surface area contributed by atoms with E-state index in [9.17, 15) is 13.2 Å². The van der Waals surface area contributed by atoms with E-state index in [-0.39, 0.29) is 10.5 Å². The molecule has 0 unspecified atom stereocenters. The summed E-state index contributed by atoms with van der Waals surface area (Å²) in [6, 6.07) is 14.4. The first-order valence-electron chi connectivity index (χ1n) is 8.64. The second-order valence-corrected chi connectivity index (χ2v) is 8.30. The molecular formula is C19H22N2O4S. The highest BCUT2D eigenvalue weighted by Gasteiger charge is 2.30. The van der Waals surface area contributed by atoms with Crippen molar-refractivity contribution in [1.82, 2.24) is 9.79 Å². The monoisotopic (exact) mass is 374 g/mol. The van der Waals surface area contributed by atoms with Crippen LogP contribution in [0.1, 0.15) is 40.7 Å². The van der Waals surface area contributed by atoms with E-state index >= 15 is 0 Å². The quantitative estimate of drug-likeness (QED) is 0.622. The predicted octanol–water partition coefficient (Wildman–Crippen LogP) is 2.57. The molecular weight excluding hydrogens is 352 g/mol. The number of benzene rings is 2. The Hall–Kier alpha value is -2.22. The van der Waals surface area contributed by atoms with E-state index in [1.165, 1.54) is 16.4 Å². The van der Waals surface area contributed by atoms with Gasteiger partial charge in [0, 0.05) is 13.1 Å². The molecule has 1 heterocycles. The van der Waals surface area contributed by atoms with Gasteiger partial charge in [-0.2, -0.15) is 4.31 Å². The number of nitrogens with one attached hydrogen (secondary N) is 1. The van der Waals surface area contributed by atoms with Crippen molar-refractivity contribution in [1.29, 1.82) is 0 Å². The molecule has 0 atom stereocenters. The first-order chi connectivity index (χ1) is 12.5. The van der Waals surface area contributed by atoms with E-state index in [4.69, 9.17) is 5.21 Å². The zero-order chi connectivity index (χ0) is 18.6. The molecule has 138 valence electrons. The molecule has 0 bridgehead atoms. The third kappa shape index (κ3) is 3.95. The maximum absolute atomic E-state index is 13.0. The average Bonchev–Trinajstić information content (AvgIpc) is 2.68. The Morgan fingerprint density at radius 3 is 2.35 bits per heavy atom. The van der Waals surface area contributed by atoms with Crippen LogP contribution < -0.4 is 5.48 Å². The van der Waals surface area contributed by atoms with Crippen molar-refractivity contribution in [3.63, 3.8) is 0 Å². The molecule has 0 aromatic heterocycles. The third-order valence-electron chi connectivity index (χ3n) is 4.57. The minimum absolute atomic E-state index is 0.0356. The van der Waals surface area contributed by atoms with Crippen molar-refractivity contribution in [2.24, 2.45) is 0 Å². The molecule has 1 amide bonds. The predicted molar refractivity (Wildman–Crippen MR) is 97.6 cm³/mol. The lowest BCUT2D eigenvalue weighted by Gasteiger charge is -2.26. The lowest BCUT2D eigenvalue weighted by atomic mass is 10.0. The van der Waals surface area contributed by atoms with Gasteiger partial charge in [-0.05, 0) is 42.5 Å². The van der Waals surface area contributed by atoms with Crippen LogP contribution in [0.15, 0.2) is 53.4 Å². The van der Waals surface area contributed by atoms with E-state index < -0.39 is 15.9 Å². The smallest absolute Gasteiger partial charge is 0.276 e. The van der Waals surface area contributed by atoms with Crippen LogP contribution in [-0.4, -0.2) is 36.9 Å². The number of hydrogen-bond acceptors (Lipinski definition) is 4. The molecule has 0 aliphatic carbocycles. The lowest BCUT2D eigenvalue weighted by molar-refractivity contribution is 0.0702. The number of hydrogen-bond donors (Lipinski definition) is 2. The molecule has 1 saturated heterocycles. The Morgan fingerprint density at radius 2 is 1.69 bits per heavy atom. The molecule has 2 N–H and O–H groups in total. The van der Waals surface area contributed by atoms with E-state index in [1.54, 1.807) is 11.5 Å². The Balaban J connectivity index is 1.98. The molecule has 2 aromatic carbocycles. The summed E-state index contributed by atoms with van der Waals surface area (Å²) in [4.78, 5) is 12.1. The molecule has 2 aromatic rings. The summed E-state index contributed by atoms with van der Waals surface area (Å²) in [7, 11) is -3.78. The summed E-state index contributed by atoms with van der Waals surface area (Å²) < 4.78 is 27.3. The zero-order valence-electron chi connectivity index (χ0n) is 14.4. The largest absolute Gasteiger partial charge is 0.288 e. The molecule has 3 rings (SSSR count). The maximum Gasteiger partial charge on any atom is 0.276 e. The van der Waals surface area contributed by atoms with Gasteiger partial charge >= 0.3 is 0 Å². The lowest BCUT2D eigenvalue weighted by Crippen LogP contribution is -2.37. The minimum atomic E-state index is -3.78. The molecule has 6 nitrogen and oxygen atoms in total. The summed E-state index contributed by atoms with van der Waals surface area (Å²) in [5.41, 5.74) is 3.38. The second-order valence-electron chi connectivity index (χ2n) is 6.40. The topological polar surface area (TPSA) is 86.7 Å². The maximum atomic E-state index is 13.0. The Labute approximate surface area is 153 Å². The van der Waals surface area contributed by atoms with Crippen LogP contribution in [0.25, 0.3) is 0 Å². The van der Waals surface area contributed by atoms with Gasteiger partial charge in [0.1, 0.15) is 0 Å². The molecule has 1 aliphatic heterocycles. The van der Waals surface area contributed by atoms with Gasteiger partial charge in [0.05, 0.1) is 10.5 Å². The Morgan fingerprint density at radius 1 is 1.00 bits per heavy atom. The highest BCUT2D eigenvalue weighted by molar-refractivity contribution is 7.89. The number of carbonyl (C=O) groups excluding carboxylic acids is 1. The molecule has 0 radical (unpaired) electrons. The van der Waals surface area contributed by atoms with Gasteiger partial charge in [-0.25, -0.2) is 13.9 Å². The number of nitrogens with zero attached hydrogens (tertiary/aromatic N) is 1. The summed E-state index contributed by atoms with van der Waals surface area (Å²) in [6.07, 6.45) is 3.20. The zero-order valence-corrected chi connectivity index (χ0v) is 15.2. The standard InChI is InChI=1S/C19H22N2O4S/c22-19(20-23)17-14-16(13-15-7-3-1-4-8-15)9-10-18(17)26(24,25)21-11-5-2-6-12-21/h1,3-4,7-10,14,23H,2,5-6,11-13H2,(H,20,22). The summed E-state index contributed by atoms with van der Waals surface area (Å²) in [5.74, 6) is -0.824. The van der Waals surface area contributed by atoms with Crippen molar-refractivity contribution in [3.8, 4) is 0 Å². The number of rotatable bonds is 5. The van der Waals surface area contributed by atoms with E-state index in [0.29, 0.717) is 19.5 Å². The first kappa shape index (κ1) is 18.6. The van der Waals surface area contributed by atoms with Crippen molar-refractivity contribution in [3.05, 3.63) is 65.2 Å². The summed E-state index contributed by atoms with van der Waals surface area (Å²) in [5, 5.41) is 9.06. The van der Waals surface area contributed by atoms with Crippen LogP contribution in [-0.2, 0) is 16.4 Å². The number of sulfonamides is 1. The highest BCUT2D eigenvalue weighted by Crippen LogP contribution is 2.25. The van der Waals surface area contributed by atoms with Crippen molar-refractivity contribution >= 4 is 15.9 Å². The summed E-state index contributed by atoms with van der Waals surface area (Å²) >= 11 is 0. The third-order valence-corrected chi connectivity index (χ3v) is 6.53. The van der Waals surface area contributed by atoms with Crippen LogP contribution in [0.2, 0.25) is 0 Å². The van der Waals surface area contributed by atoms with Gasteiger partial charge in [0.15, 0.2) is 0 Å². The van der Waals surface area contributed by atoms with Gasteiger partial charge in [0.25, 0.3) is 5.91 Å². The van der Waals surface area contributed by atoms with Gasteiger partial charge in [-0.3, -0.25) is 10.0 Å². The normalized spacial score (nSPS) is 15.6. The van der Waals surface area contributed by atoms with E-state index in [0.717, 1.165) is 30.4 Å². The number of hydroxylamine groups is 1. The Bertz CT molecular complexity index is 876. The molecule has 1 aliphatic rings. The van der Waals surface area contributed by atoms with E-state index in [1.807, 2.05) is 30.3 Å². The molecule has 1 fully saturated rings. The van der Waals surface area contributed by atoms with Gasteiger partial charge < -0.3 is 0 Å². The van der Waals surface area contributed by atoms with Crippen molar-refractivity contribution in [2.45, 2.75) is 30.6 Å². The minimum Gasteiger partial charge on any atom is -0.288 e. The highest BCUT2D eigenvalue weighted by atomic mass is 32.2. The van der Waals surface area contributed by atoms with Crippen LogP contribution >= 0.6 is 0 Å². The average molecular weight is 374 g/mol. The van der Waals surface area contributed by atoms with Crippen molar-refractivity contribution in [2.75, 3.05) is 13.1 Å². The fourth-order valence-electron chi connectivity index (χ4n) is 3.23. The molecule has 26 heavy (non-hydrogen) atoms. The fraction of sp³-hybridized carbons (Fsp3) is 0.316. The Kier molecular flexibility index (Phi) is 5.70. The SMILES string of the molecule is O=C(NO)c1cc(Cc2ccccc2)ccc1S(=O)(=O)N1CCCCC1. The van der Waals surface area contributed by atoms with Crippen LogP contribution in [0, 0.1) is 0 Å². The van der Waals surface area contributed by atoms with Gasteiger partial charge in [0.2, 0.25) is 10.0 Å². The van der Waals surface area contributed by atoms with Crippen LogP contribution in [0.4, 0.5) is 0 Å². The van der Waals surface area contributed by atoms with Gasteiger partial charge in [-0.15, -0.1) is 0 Å². The molecule has 0 spiro atoms. The van der Waals surface area contributed by atoms with Gasteiger partial charge in [-0.1, -0.05) is 42.8 Å². The van der Waals surface area contributed by atoms with Crippen LogP contribution in [0.5, 0.6) is 0 Å². The molecule has 7 heteroatoms. The number of carbonyl (C=O) groups is 1.